The van der Waals surface area contributed by atoms with Crippen LogP contribution in [-0.2, 0) is 0 Å². The molecule has 0 atom stereocenters. The minimum absolute atomic E-state index is 0.0452. The van der Waals surface area contributed by atoms with Crippen molar-refractivity contribution in [2.24, 2.45) is 0 Å². The molecule has 0 bridgehead atoms. The number of rotatable bonds is 6. The first-order valence-corrected chi connectivity index (χ1v) is 9.20. The summed E-state index contributed by atoms with van der Waals surface area (Å²) in [5, 5.41) is 0. The zero-order valence-corrected chi connectivity index (χ0v) is 15.2. The molecule has 4 nitrogen and oxygen atoms in total. The van der Waals surface area contributed by atoms with Crippen molar-refractivity contribution in [3.8, 4) is 5.75 Å². The van der Waals surface area contributed by atoms with Crippen molar-refractivity contribution in [3.63, 3.8) is 0 Å². The highest BCUT2D eigenvalue weighted by molar-refractivity contribution is 5.94. The lowest BCUT2D eigenvalue weighted by atomic mass is 10.1. The summed E-state index contributed by atoms with van der Waals surface area (Å²) in [6.45, 7) is 5.64. The fourth-order valence-corrected chi connectivity index (χ4v) is 3.03. The third-order valence-electron chi connectivity index (χ3n) is 4.63. The van der Waals surface area contributed by atoms with Gasteiger partial charge >= 0.3 is 0 Å². The van der Waals surface area contributed by atoms with Crippen LogP contribution in [0.2, 0.25) is 0 Å². The van der Waals surface area contributed by atoms with Gasteiger partial charge in [-0.3, -0.25) is 4.79 Å². The number of amides is 1. The Bertz CT molecular complexity index is 708. The van der Waals surface area contributed by atoms with Crippen LogP contribution in [0.4, 0.5) is 10.1 Å². The molecule has 1 heterocycles. The van der Waals surface area contributed by atoms with E-state index < -0.39 is 0 Å². The van der Waals surface area contributed by atoms with Crippen molar-refractivity contribution in [2.75, 3.05) is 37.7 Å². The molecular weight excluding hydrogens is 331 g/mol. The van der Waals surface area contributed by atoms with Crippen LogP contribution < -0.4 is 9.64 Å². The van der Waals surface area contributed by atoms with E-state index in [0.717, 1.165) is 37.4 Å². The first-order chi connectivity index (χ1) is 12.7. The highest BCUT2D eigenvalue weighted by atomic mass is 19.1. The first kappa shape index (κ1) is 18.2. The Hall–Kier alpha value is -2.56. The van der Waals surface area contributed by atoms with Crippen LogP contribution in [0.3, 0.4) is 0 Å². The fourth-order valence-electron chi connectivity index (χ4n) is 3.03. The summed E-state index contributed by atoms with van der Waals surface area (Å²) in [4.78, 5) is 16.7. The van der Waals surface area contributed by atoms with Gasteiger partial charge in [-0.2, -0.15) is 0 Å². The highest BCUT2D eigenvalue weighted by Crippen LogP contribution is 2.19. The van der Waals surface area contributed by atoms with E-state index in [9.17, 15) is 9.18 Å². The summed E-state index contributed by atoms with van der Waals surface area (Å²) in [6, 6.07) is 13.9. The normalized spacial score (nSPS) is 14.4. The molecule has 2 aromatic rings. The number of anilines is 1. The molecule has 0 saturated carbocycles. The maximum absolute atomic E-state index is 13.0. The number of piperazine rings is 1. The number of halogens is 1. The molecule has 0 unspecified atom stereocenters. The Morgan fingerprint density at radius 2 is 1.65 bits per heavy atom. The maximum Gasteiger partial charge on any atom is 0.253 e. The van der Waals surface area contributed by atoms with Gasteiger partial charge in [0, 0.05) is 37.4 Å². The van der Waals surface area contributed by atoms with Crippen molar-refractivity contribution >= 4 is 11.6 Å². The molecule has 1 aliphatic rings. The molecule has 1 fully saturated rings. The number of hydrogen-bond donors (Lipinski definition) is 0. The van der Waals surface area contributed by atoms with Gasteiger partial charge in [-0.15, -0.1) is 0 Å². The van der Waals surface area contributed by atoms with E-state index in [-0.39, 0.29) is 11.7 Å². The molecule has 0 aliphatic carbocycles. The molecule has 0 radical (unpaired) electrons. The average Bonchev–Trinajstić information content (AvgIpc) is 2.69. The second kappa shape index (κ2) is 8.70. The standard InChI is InChI=1S/C21H25FN2O2/c1-2-3-16-26-20-10-4-17(5-11-20)21(25)24-14-12-23(13-15-24)19-8-6-18(22)7-9-19/h4-11H,2-3,12-16H2,1H3. The maximum atomic E-state index is 13.0. The Morgan fingerprint density at radius 1 is 1.00 bits per heavy atom. The van der Waals surface area contributed by atoms with Crippen LogP contribution in [0.1, 0.15) is 30.1 Å². The van der Waals surface area contributed by atoms with Crippen molar-refractivity contribution in [3.05, 3.63) is 59.9 Å². The molecule has 5 heteroatoms. The van der Waals surface area contributed by atoms with Crippen LogP contribution in [0.25, 0.3) is 0 Å². The molecular formula is C21H25FN2O2. The van der Waals surface area contributed by atoms with E-state index >= 15 is 0 Å². The Kier molecular flexibility index (Phi) is 6.10. The molecule has 3 rings (SSSR count). The Labute approximate surface area is 154 Å². The van der Waals surface area contributed by atoms with E-state index in [0.29, 0.717) is 25.3 Å². The van der Waals surface area contributed by atoms with Crippen LogP contribution in [0.15, 0.2) is 48.5 Å². The van der Waals surface area contributed by atoms with E-state index in [2.05, 4.69) is 11.8 Å². The summed E-state index contributed by atoms with van der Waals surface area (Å²) < 4.78 is 18.7. The number of hydrogen-bond acceptors (Lipinski definition) is 3. The van der Waals surface area contributed by atoms with Crippen LogP contribution in [0.5, 0.6) is 5.75 Å². The number of carbonyl (C=O) groups excluding carboxylic acids is 1. The second-order valence-corrected chi connectivity index (χ2v) is 6.48. The van der Waals surface area contributed by atoms with Gasteiger partial charge in [0.05, 0.1) is 6.61 Å². The molecule has 1 aliphatic heterocycles. The number of benzene rings is 2. The van der Waals surface area contributed by atoms with Gasteiger partial charge in [-0.05, 0) is 55.0 Å². The molecule has 26 heavy (non-hydrogen) atoms. The zero-order valence-electron chi connectivity index (χ0n) is 15.2. The third-order valence-corrected chi connectivity index (χ3v) is 4.63. The van der Waals surface area contributed by atoms with E-state index in [1.165, 1.54) is 12.1 Å². The number of carbonyl (C=O) groups is 1. The van der Waals surface area contributed by atoms with E-state index in [4.69, 9.17) is 4.74 Å². The van der Waals surface area contributed by atoms with Crippen molar-refractivity contribution in [2.45, 2.75) is 19.8 Å². The third kappa shape index (κ3) is 4.54. The van der Waals surface area contributed by atoms with Crippen LogP contribution in [-0.4, -0.2) is 43.6 Å². The van der Waals surface area contributed by atoms with Gasteiger partial charge < -0.3 is 14.5 Å². The summed E-state index contributed by atoms with van der Waals surface area (Å²) in [5.74, 6) is 0.615. The molecule has 1 amide bonds. The Morgan fingerprint density at radius 3 is 2.27 bits per heavy atom. The predicted octanol–water partition coefficient (Wildman–Crippen LogP) is 3.97. The zero-order chi connectivity index (χ0) is 18.4. The minimum Gasteiger partial charge on any atom is -0.494 e. The summed E-state index contributed by atoms with van der Waals surface area (Å²) >= 11 is 0. The first-order valence-electron chi connectivity index (χ1n) is 9.20. The van der Waals surface area contributed by atoms with Gasteiger partial charge in [0.25, 0.3) is 5.91 Å². The lowest BCUT2D eigenvalue weighted by Gasteiger charge is -2.36. The van der Waals surface area contributed by atoms with Crippen molar-refractivity contribution in [1.29, 1.82) is 0 Å². The topological polar surface area (TPSA) is 32.8 Å². The number of unbranched alkanes of at least 4 members (excludes halogenated alkanes) is 1. The molecule has 2 aromatic carbocycles. The smallest absolute Gasteiger partial charge is 0.253 e. The van der Waals surface area contributed by atoms with E-state index in [1.807, 2.05) is 29.2 Å². The van der Waals surface area contributed by atoms with E-state index in [1.54, 1.807) is 12.1 Å². The largest absolute Gasteiger partial charge is 0.494 e. The number of nitrogens with zero attached hydrogens (tertiary/aromatic N) is 2. The molecule has 1 saturated heterocycles. The van der Waals surface area contributed by atoms with Gasteiger partial charge in [-0.1, -0.05) is 13.3 Å². The summed E-state index contributed by atoms with van der Waals surface area (Å²) in [7, 11) is 0. The quantitative estimate of drug-likeness (QED) is 0.734. The average molecular weight is 356 g/mol. The predicted molar refractivity (Wildman–Crippen MR) is 101 cm³/mol. The van der Waals surface area contributed by atoms with Crippen molar-refractivity contribution < 1.29 is 13.9 Å². The number of ether oxygens (including phenoxy) is 1. The van der Waals surface area contributed by atoms with Crippen molar-refractivity contribution in [1.82, 2.24) is 4.90 Å². The lowest BCUT2D eigenvalue weighted by Crippen LogP contribution is -2.48. The monoisotopic (exact) mass is 356 g/mol. The lowest BCUT2D eigenvalue weighted by molar-refractivity contribution is 0.0746. The van der Waals surface area contributed by atoms with Gasteiger partial charge in [0.2, 0.25) is 0 Å². The summed E-state index contributed by atoms with van der Waals surface area (Å²) in [5.41, 5.74) is 1.68. The van der Waals surface area contributed by atoms with Gasteiger partial charge in [0.1, 0.15) is 11.6 Å². The minimum atomic E-state index is -0.232. The molecule has 138 valence electrons. The molecule has 0 aromatic heterocycles. The second-order valence-electron chi connectivity index (χ2n) is 6.48. The highest BCUT2D eigenvalue weighted by Gasteiger charge is 2.22. The van der Waals surface area contributed by atoms with Crippen LogP contribution in [0, 0.1) is 5.82 Å². The molecule has 0 spiro atoms. The van der Waals surface area contributed by atoms with Gasteiger partial charge in [0.15, 0.2) is 0 Å². The Balaban J connectivity index is 1.53. The molecule has 0 N–H and O–H groups in total. The SMILES string of the molecule is CCCCOc1ccc(C(=O)N2CCN(c3ccc(F)cc3)CC2)cc1. The fraction of sp³-hybridized carbons (Fsp3) is 0.381. The summed E-state index contributed by atoms with van der Waals surface area (Å²) in [6.07, 6.45) is 2.12. The van der Waals surface area contributed by atoms with Gasteiger partial charge in [-0.25, -0.2) is 4.39 Å². The van der Waals surface area contributed by atoms with Crippen LogP contribution >= 0.6 is 0 Å².